The first-order valence-electron chi connectivity index (χ1n) is 4.85. The number of halogens is 1. The van der Waals surface area contributed by atoms with Gasteiger partial charge in [-0.05, 0) is 12.5 Å². The van der Waals surface area contributed by atoms with Crippen LogP contribution in [-0.2, 0) is 6.54 Å². The molecule has 0 saturated heterocycles. The lowest BCUT2D eigenvalue weighted by Crippen LogP contribution is -2.68. The summed E-state index contributed by atoms with van der Waals surface area (Å²) in [5.41, 5.74) is 3.70. The topological polar surface area (TPSA) is 116 Å². The summed E-state index contributed by atoms with van der Waals surface area (Å²) < 4.78 is 36.1. The van der Waals surface area contributed by atoms with E-state index in [2.05, 4.69) is 37.5 Å². The van der Waals surface area contributed by atoms with Crippen LogP contribution in [0.15, 0.2) is 12.1 Å². The van der Waals surface area contributed by atoms with E-state index in [1.807, 2.05) is 0 Å². The number of aliphatic hydroxyl groups excluding tert-OH is 1. The fraction of sp³-hybridized carbons (Fsp3) is 0.500. The van der Waals surface area contributed by atoms with Crippen molar-refractivity contribution in [2.45, 2.75) is 27.3 Å². The van der Waals surface area contributed by atoms with Gasteiger partial charge in [0.05, 0.1) is 0 Å². The number of aromatic nitrogens is 1. The molecule has 1 N–H and O–H groups in total. The minimum absolute atomic E-state index is 0.204. The molecular weight excluding hydrogens is 250 g/mol. The van der Waals surface area contributed by atoms with Gasteiger partial charge < -0.3 is 5.11 Å². The Morgan fingerprint density at radius 2 is 1.41 bits per heavy atom. The minimum Gasteiger partial charge on any atom is -0.390 e. The first kappa shape index (κ1) is 16.2. The van der Waals surface area contributed by atoms with Crippen LogP contribution in [0.4, 0.5) is 0 Å². The van der Waals surface area contributed by atoms with Crippen LogP contribution in [0, 0.1) is 31.0 Å². The molecule has 0 saturated carbocycles. The van der Waals surface area contributed by atoms with Crippen LogP contribution in [-0.4, -0.2) is 11.7 Å². The van der Waals surface area contributed by atoms with Gasteiger partial charge in [0.25, 0.3) is 0 Å². The van der Waals surface area contributed by atoms with Gasteiger partial charge >= 0.3 is 0 Å². The van der Waals surface area contributed by atoms with Crippen molar-refractivity contribution in [2.75, 3.05) is 6.61 Å². The van der Waals surface area contributed by atoms with Gasteiger partial charge in [-0.25, -0.2) is 18.6 Å². The molecule has 0 spiro atoms. The molecule has 0 aliphatic heterocycles. The Morgan fingerprint density at radius 1 is 1.06 bits per heavy atom. The largest absolute Gasteiger partial charge is 0.390 e. The summed E-state index contributed by atoms with van der Waals surface area (Å²) in [5.74, 6) is 0. The Labute approximate surface area is 102 Å². The molecule has 0 bridgehead atoms. The second-order valence-electron chi connectivity index (χ2n) is 3.57. The highest BCUT2D eigenvalue weighted by Crippen LogP contribution is 2.00. The Hall–Kier alpha value is -0.760. The number of aliphatic hydroxyl groups is 1. The fourth-order valence-electron chi connectivity index (χ4n) is 1.59. The van der Waals surface area contributed by atoms with Crippen molar-refractivity contribution in [1.29, 1.82) is 0 Å². The molecule has 1 aromatic rings. The first-order valence-corrected chi connectivity index (χ1v) is 6.09. The van der Waals surface area contributed by atoms with E-state index in [1.165, 1.54) is 17.0 Å². The molecule has 0 aliphatic carbocycles. The van der Waals surface area contributed by atoms with Crippen LogP contribution in [0.2, 0.25) is 0 Å². The van der Waals surface area contributed by atoms with E-state index in [-0.39, 0.29) is 6.61 Å². The van der Waals surface area contributed by atoms with Gasteiger partial charge in [0.1, 0.15) is 6.61 Å². The monoisotopic (exact) mass is 265 g/mol. The third-order valence-electron chi connectivity index (χ3n) is 2.05. The number of hydrogen-bond acceptors (Lipinski definition) is 5. The van der Waals surface area contributed by atoms with Crippen molar-refractivity contribution in [1.82, 2.24) is 0 Å². The third kappa shape index (κ3) is 8.03. The number of nitrogens with zero attached hydrogens (tertiary/aromatic N) is 1. The SMILES string of the molecule is Cc1cc(C)[n+](CCO)c(C)c1.[O-][Cl+3]([O-])([O-])[O-]. The maximum atomic E-state index is 8.82. The van der Waals surface area contributed by atoms with Gasteiger partial charge in [0.2, 0.25) is 0 Å². The smallest absolute Gasteiger partial charge is 0.178 e. The molecule has 1 heterocycles. The maximum absolute atomic E-state index is 8.82. The van der Waals surface area contributed by atoms with Crippen LogP contribution in [0.3, 0.4) is 0 Å². The van der Waals surface area contributed by atoms with Gasteiger partial charge in [-0.1, -0.05) is 0 Å². The van der Waals surface area contributed by atoms with E-state index in [4.69, 9.17) is 23.7 Å². The second kappa shape index (κ2) is 6.85. The first-order chi connectivity index (χ1) is 7.65. The summed E-state index contributed by atoms with van der Waals surface area (Å²) in [7, 11) is -4.94. The molecule has 0 radical (unpaired) electrons. The Balaban J connectivity index is 0.000000437. The van der Waals surface area contributed by atoms with Crippen LogP contribution >= 0.6 is 0 Å². The Morgan fingerprint density at radius 3 is 1.71 bits per heavy atom. The summed E-state index contributed by atoms with van der Waals surface area (Å²) in [4.78, 5) is 0. The predicted molar refractivity (Wildman–Crippen MR) is 47.9 cm³/mol. The van der Waals surface area contributed by atoms with Crippen molar-refractivity contribution in [3.05, 3.63) is 29.1 Å². The molecule has 0 atom stereocenters. The fourth-order valence-corrected chi connectivity index (χ4v) is 1.59. The van der Waals surface area contributed by atoms with Gasteiger partial charge in [-0.15, -0.1) is 10.2 Å². The van der Waals surface area contributed by atoms with Gasteiger partial charge in [-0.3, -0.25) is 0 Å². The van der Waals surface area contributed by atoms with Gasteiger partial charge in [0, 0.05) is 26.0 Å². The van der Waals surface area contributed by atoms with Crippen molar-refractivity contribution in [3.8, 4) is 0 Å². The van der Waals surface area contributed by atoms with E-state index in [0.717, 1.165) is 0 Å². The summed E-state index contributed by atoms with van der Waals surface area (Å²) in [6.07, 6.45) is 0. The molecule has 0 unspecified atom stereocenters. The maximum Gasteiger partial charge on any atom is 0.178 e. The predicted octanol–water partition coefficient (Wildman–Crippen LogP) is -3.86. The number of hydrogen-bond donors (Lipinski definition) is 1. The molecule has 7 heteroatoms. The zero-order valence-corrected chi connectivity index (χ0v) is 10.7. The highest BCUT2D eigenvalue weighted by atomic mass is 35.7. The molecule has 6 nitrogen and oxygen atoms in total. The van der Waals surface area contributed by atoms with Crippen molar-refractivity contribution in [2.24, 2.45) is 0 Å². The van der Waals surface area contributed by atoms with E-state index in [9.17, 15) is 0 Å². The quantitative estimate of drug-likeness (QED) is 0.549. The molecule has 0 aliphatic rings. The molecule has 1 rings (SSSR count). The third-order valence-corrected chi connectivity index (χ3v) is 2.05. The van der Waals surface area contributed by atoms with E-state index in [0.29, 0.717) is 6.54 Å². The highest BCUT2D eigenvalue weighted by Gasteiger charge is 2.09. The van der Waals surface area contributed by atoms with Crippen LogP contribution in [0.25, 0.3) is 0 Å². The molecule has 98 valence electrons. The van der Waals surface area contributed by atoms with E-state index in [1.54, 1.807) is 0 Å². The average Bonchev–Trinajstić information content (AvgIpc) is 2.08. The normalized spacial score (nSPS) is 10.8. The molecular formula is C10H16ClNO5. The van der Waals surface area contributed by atoms with Gasteiger partial charge in [0.15, 0.2) is 17.9 Å². The summed E-state index contributed by atoms with van der Waals surface area (Å²) in [6, 6.07) is 4.26. The Bertz CT molecular complexity index is 335. The molecule has 0 aromatic carbocycles. The average molecular weight is 266 g/mol. The highest BCUT2D eigenvalue weighted by molar-refractivity contribution is 5.13. The Kier molecular flexibility index (Phi) is 6.54. The molecule has 0 amide bonds. The van der Waals surface area contributed by atoms with E-state index < -0.39 is 10.2 Å². The lowest BCUT2D eigenvalue weighted by molar-refractivity contribution is -2.00. The van der Waals surface area contributed by atoms with Crippen molar-refractivity contribution < 1.29 is 38.6 Å². The zero-order valence-electron chi connectivity index (χ0n) is 9.97. The van der Waals surface area contributed by atoms with Crippen LogP contribution < -0.4 is 23.2 Å². The number of aryl methyl sites for hydroxylation is 3. The van der Waals surface area contributed by atoms with Gasteiger partial charge in [-0.2, -0.15) is 4.57 Å². The zero-order chi connectivity index (χ0) is 13.6. The summed E-state index contributed by atoms with van der Waals surface area (Å²) in [6.45, 7) is 7.11. The minimum atomic E-state index is -4.94. The molecule has 17 heavy (non-hydrogen) atoms. The van der Waals surface area contributed by atoms with Crippen LogP contribution in [0.5, 0.6) is 0 Å². The van der Waals surface area contributed by atoms with Crippen molar-refractivity contribution >= 4 is 0 Å². The summed E-state index contributed by atoms with van der Waals surface area (Å²) >= 11 is 0. The molecule has 0 fully saturated rings. The number of pyridine rings is 1. The second-order valence-corrected chi connectivity index (χ2v) is 4.32. The molecule has 1 aromatic heterocycles. The van der Waals surface area contributed by atoms with E-state index >= 15 is 0 Å². The lowest BCUT2D eigenvalue weighted by Gasteiger charge is -2.17. The standard InChI is InChI=1S/C10H16NO.ClHO4/c1-8-6-9(2)11(4-5-12)10(3)7-8;2-1(3,4)5/h6-7,12H,4-5H2,1-3H3;(H,2,3,4,5)/q+1;/p-1. The lowest BCUT2D eigenvalue weighted by atomic mass is 10.2. The van der Waals surface area contributed by atoms with Crippen molar-refractivity contribution in [3.63, 3.8) is 0 Å². The number of rotatable bonds is 2. The summed E-state index contributed by atoms with van der Waals surface area (Å²) in [5, 5.41) is 8.82. The van der Waals surface area contributed by atoms with Crippen LogP contribution in [0.1, 0.15) is 17.0 Å².